The van der Waals surface area contributed by atoms with Crippen LogP contribution in [0.5, 0.6) is 0 Å². The van der Waals surface area contributed by atoms with Crippen LogP contribution in [0, 0.1) is 11.8 Å². The molecule has 6 atom stereocenters. The largest absolute Gasteiger partial charge is 0.472 e. The summed E-state index contributed by atoms with van der Waals surface area (Å²) in [6.07, 6.45) is 39.1. The van der Waals surface area contributed by atoms with E-state index in [9.17, 15) is 34.1 Å². The third kappa shape index (κ3) is 33.7. The van der Waals surface area contributed by atoms with E-state index in [-0.39, 0.29) is 50.1 Å². The molecule has 0 radical (unpaired) electrons. The van der Waals surface area contributed by atoms with Crippen molar-refractivity contribution in [2.45, 2.75) is 186 Å². The number of quaternary nitrogens is 1. The van der Waals surface area contributed by atoms with Gasteiger partial charge in [0.05, 0.1) is 40.0 Å². The van der Waals surface area contributed by atoms with Gasteiger partial charge >= 0.3 is 19.8 Å². The Kier molecular flexibility index (Phi) is 34.7. The topological polar surface area (TPSA) is 166 Å². The molecule has 1 aliphatic rings. The van der Waals surface area contributed by atoms with Gasteiger partial charge < -0.3 is 29.1 Å². The van der Waals surface area contributed by atoms with Crippen molar-refractivity contribution >= 4 is 25.5 Å². The van der Waals surface area contributed by atoms with Crippen molar-refractivity contribution in [1.82, 2.24) is 0 Å². The first-order valence-electron chi connectivity index (χ1n) is 24.6. The number of rotatable bonds is 40. The lowest BCUT2D eigenvalue weighted by Crippen LogP contribution is -2.37. The van der Waals surface area contributed by atoms with E-state index in [0.29, 0.717) is 43.1 Å². The number of Topliss-reactive ketones (excluding diaryl/α,β-unsaturated/α-hetero) is 1. The molecule has 1 rings (SSSR count). The Hall–Kier alpha value is -2.70. The number of ether oxygens (including phenoxy) is 2. The van der Waals surface area contributed by atoms with E-state index in [2.05, 4.69) is 50.3 Å². The average Bonchev–Trinajstić information content (AvgIpc) is 3.51. The number of aliphatic hydroxyl groups excluding tert-OH is 2. The zero-order valence-electron chi connectivity index (χ0n) is 40.5. The zero-order chi connectivity index (χ0) is 47.3. The van der Waals surface area contributed by atoms with Gasteiger partial charge in [-0.15, -0.1) is 0 Å². The summed E-state index contributed by atoms with van der Waals surface area (Å²) >= 11 is 0. The monoisotopic (exact) mass is 923 g/mol. The maximum Gasteiger partial charge on any atom is 0.472 e. The summed E-state index contributed by atoms with van der Waals surface area (Å²) in [5, 5.41) is 20.7. The van der Waals surface area contributed by atoms with Crippen LogP contribution in [-0.2, 0) is 37.5 Å². The van der Waals surface area contributed by atoms with Crippen LogP contribution in [0.15, 0.2) is 60.8 Å². The van der Waals surface area contributed by atoms with E-state index in [4.69, 9.17) is 18.5 Å². The highest BCUT2D eigenvalue weighted by atomic mass is 31.2. The molecule has 0 aromatic heterocycles. The van der Waals surface area contributed by atoms with Crippen molar-refractivity contribution in [1.29, 1.82) is 0 Å². The number of nitrogens with zero attached hydrogens (tertiary/aromatic N) is 1. The Morgan fingerprint density at radius 2 is 1.30 bits per heavy atom. The van der Waals surface area contributed by atoms with Crippen LogP contribution in [0.3, 0.4) is 0 Å². The fourth-order valence-electron chi connectivity index (χ4n) is 7.18. The van der Waals surface area contributed by atoms with Gasteiger partial charge in [-0.3, -0.25) is 23.4 Å². The highest BCUT2D eigenvalue weighted by Crippen LogP contribution is 2.43. The number of allylic oxidation sites excluding steroid dienone is 8. The molecule has 0 spiro atoms. The molecule has 12 nitrogen and oxygen atoms in total. The maximum atomic E-state index is 12.8. The predicted molar refractivity (Wildman–Crippen MR) is 257 cm³/mol. The number of esters is 2. The summed E-state index contributed by atoms with van der Waals surface area (Å²) in [6.45, 7) is 3.97. The molecule has 1 fully saturated rings. The molecule has 1 aliphatic carbocycles. The normalized spacial score (nSPS) is 19.2. The molecule has 1 saturated carbocycles. The first-order valence-corrected chi connectivity index (χ1v) is 26.1. The molecule has 0 aromatic carbocycles. The van der Waals surface area contributed by atoms with Gasteiger partial charge in [-0.2, -0.15) is 0 Å². The number of aliphatic hydroxyl groups is 2. The minimum atomic E-state index is -4.45. The summed E-state index contributed by atoms with van der Waals surface area (Å²) in [5.41, 5.74) is 0. The first kappa shape index (κ1) is 59.3. The van der Waals surface area contributed by atoms with Gasteiger partial charge in [0, 0.05) is 31.1 Å². The van der Waals surface area contributed by atoms with Gasteiger partial charge in [0.1, 0.15) is 25.5 Å². The Balaban J connectivity index is 2.45. The van der Waals surface area contributed by atoms with Crippen molar-refractivity contribution in [3.63, 3.8) is 0 Å². The summed E-state index contributed by atoms with van der Waals surface area (Å²) < 4.78 is 34.3. The lowest BCUT2D eigenvalue weighted by molar-refractivity contribution is -0.870. The summed E-state index contributed by atoms with van der Waals surface area (Å²) in [4.78, 5) is 48.3. The molecular formula is C51H89NO11P+. The van der Waals surface area contributed by atoms with Gasteiger partial charge in [-0.05, 0) is 70.6 Å². The molecule has 368 valence electrons. The minimum absolute atomic E-state index is 0.000593. The highest BCUT2D eigenvalue weighted by Gasteiger charge is 2.39. The zero-order valence-corrected chi connectivity index (χ0v) is 41.4. The predicted octanol–water partition coefficient (Wildman–Crippen LogP) is 11.0. The van der Waals surface area contributed by atoms with Crippen LogP contribution in [0.4, 0.5) is 0 Å². The van der Waals surface area contributed by atoms with E-state index < -0.39 is 44.7 Å². The number of hydrogen-bond acceptors (Lipinski definition) is 10. The van der Waals surface area contributed by atoms with Crippen molar-refractivity contribution in [3.8, 4) is 0 Å². The second kappa shape index (κ2) is 37.4. The van der Waals surface area contributed by atoms with Gasteiger partial charge in [0.25, 0.3) is 0 Å². The summed E-state index contributed by atoms with van der Waals surface area (Å²) in [7, 11) is 1.31. The molecule has 1 unspecified atom stereocenters. The molecule has 0 heterocycles. The van der Waals surface area contributed by atoms with Crippen LogP contribution in [0.2, 0.25) is 0 Å². The number of phosphoric acid groups is 1. The van der Waals surface area contributed by atoms with Crippen molar-refractivity contribution in [2.24, 2.45) is 11.8 Å². The molecule has 0 saturated heterocycles. The van der Waals surface area contributed by atoms with Gasteiger partial charge in [0.15, 0.2) is 6.10 Å². The third-order valence-electron chi connectivity index (χ3n) is 11.1. The number of unbranched alkanes of at least 4 members (excludes halogenated alkanes) is 13. The lowest BCUT2D eigenvalue weighted by Gasteiger charge is -2.24. The molecule has 64 heavy (non-hydrogen) atoms. The Labute approximate surface area is 387 Å². The standard InChI is InChI=1S/C51H88NO11P/c1-6-8-10-11-12-13-14-15-16-17-18-19-20-21-22-23-24-25-26-32-36-51(57)63-45(43-62-64(58,59)61-40-39-52(3,4)5)42-60-50(56)35-31-28-27-30-34-46-47(49(55)41-48(46)54)38-37-44(53)33-29-9-7-2/h13-14,16-17,19-20,27,30,37-38,44-47,49,53,55H,6-12,15,18,21-26,28-29,31-36,39-43H2,1-5H3/p+1/b14-13-,17-16-,20-19-,30-27-,38-37+/t44-,45+,46+,47+,49+/m0/s1. The number of phosphoric ester groups is 1. The van der Waals surface area contributed by atoms with E-state index in [1.54, 1.807) is 12.2 Å². The molecule has 0 bridgehead atoms. The fourth-order valence-corrected chi connectivity index (χ4v) is 7.92. The quantitative estimate of drug-likeness (QED) is 0.0176. The fraction of sp³-hybridized carbons (Fsp3) is 0.745. The lowest BCUT2D eigenvalue weighted by atomic mass is 9.90. The van der Waals surface area contributed by atoms with Crippen LogP contribution >= 0.6 is 7.82 Å². The number of carbonyl (C=O) groups is 3. The van der Waals surface area contributed by atoms with Crippen LogP contribution in [0.25, 0.3) is 0 Å². The van der Waals surface area contributed by atoms with Crippen molar-refractivity contribution < 1.29 is 57.1 Å². The Morgan fingerprint density at radius 3 is 1.95 bits per heavy atom. The van der Waals surface area contributed by atoms with Gasteiger partial charge in [0.2, 0.25) is 0 Å². The third-order valence-corrected chi connectivity index (χ3v) is 12.1. The van der Waals surface area contributed by atoms with E-state index in [1.165, 1.54) is 32.1 Å². The number of ketones is 1. The molecule has 0 amide bonds. The summed E-state index contributed by atoms with van der Waals surface area (Å²) in [5.74, 6) is -1.73. The Bertz CT molecular complexity index is 1440. The van der Waals surface area contributed by atoms with Crippen molar-refractivity contribution in [3.05, 3.63) is 60.8 Å². The van der Waals surface area contributed by atoms with Gasteiger partial charge in [-0.1, -0.05) is 139 Å². The SMILES string of the molecule is CCCCCC/C=C\C/C=C\C/C=C\CCCCCCCCC(=O)O[C@H](COC(=O)CCC/C=C\C[C@H]1C(=O)C[C@@H](O)[C@@H]1/C=C/[C@@H](O)CCCCC)COP(=O)(O)OCC[N+](C)(C)C. The van der Waals surface area contributed by atoms with E-state index in [0.717, 1.165) is 70.6 Å². The smallest absolute Gasteiger partial charge is 0.462 e. The second-order valence-corrected chi connectivity index (χ2v) is 19.7. The maximum absolute atomic E-state index is 12.8. The molecule has 0 aliphatic heterocycles. The Morgan fingerprint density at radius 1 is 0.734 bits per heavy atom. The minimum Gasteiger partial charge on any atom is -0.462 e. The number of hydrogen-bond donors (Lipinski definition) is 3. The molecule has 13 heteroatoms. The highest BCUT2D eigenvalue weighted by molar-refractivity contribution is 7.47. The number of carbonyl (C=O) groups excluding carboxylic acids is 3. The number of likely N-dealkylation sites (N-methyl/N-ethyl adjacent to an activating group) is 1. The van der Waals surface area contributed by atoms with Crippen LogP contribution in [-0.4, -0.2) is 103 Å². The average molecular weight is 923 g/mol. The van der Waals surface area contributed by atoms with E-state index in [1.807, 2.05) is 33.3 Å². The first-order chi connectivity index (χ1) is 30.7. The van der Waals surface area contributed by atoms with Crippen LogP contribution in [0.1, 0.15) is 168 Å². The van der Waals surface area contributed by atoms with Crippen LogP contribution < -0.4 is 0 Å². The summed E-state index contributed by atoms with van der Waals surface area (Å²) in [6, 6.07) is 0. The van der Waals surface area contributed by atoms with Gasteiger partial charge in [-0.25, -0.2) is 4.57 Å². The second-order valence-electron chi connectivity index (χ2n) is 18.3. The molecule has 3 N–H and O–H groups in total. The molecule has 0 aromatic rings. The molecular weight excluding hydrogens is 834 g/mol. The van der Waals surface area contributed by atoms with E-state index >= 15 is 0 Å². The van der Waals surface area contributed by atoms with Crippen molar-refractivity contribution in [2.75, 3.05) is 47.5 Å².